The Balaban J connectivity index is 1.31. The molecule has 0 unspecified atom stereocenters. The summed E-state index contributed by atoms with van der Waals surface area (Å²) in [6, 6.07) is 0. The molecule has 0 bridgehead atoms. The number of aromatic nitrogens is 4. The van der Waals surface area contributed by atoms with E-state index >= 15 is 0 Å². The molecule has 8 heteroatoms. The van der Waals surface area contributed by atoms with E-state index in [0.717, 1.165) is 80.4 Å². The van der Waals surface area contributed by atoms with Crippen LogP contribution in [0.1, 0.15) is 60.8 Å². The first-order chi connectivity index (χ1) is 14.0. The minimum Gasteiger partial charge on any atom is -0.377 e. The molecular weight excluding hydrogens is 370 g/mol. The zero-order chi connectivity index (χ0) is 20.4. The lowest BCUT2D eigenvalue weighted by molar-refractivity contribution is -0.133. The molecule has 1 fully saturated rings. The summed E-state index contributed by atoms with van der Waals surface area (Å²) < 4.78 is 12.7. The van der Waals surface area contributed by atoms with Crippen LogP contribution in [0, 0.1) is 19.3 Å². The fourth-order valence-electron chi connectivity index (χ4n) is 4.88. The van der Waals surface area contributed by atoms with Gasteiger partial charge in [0.1, 0.15) is 18.2 Å². The van der Waals surface area contributed by atoms with Crippen molar-refractivity contribution in [3.8, 4) is 0 Å². The summed E-state index contributed by atoms with van der Waals surface area (Å²) in [7, 11) is 1.69. The normalized spacial score (nSPS) is 18.7. The molecule has 4 heterocycles. The Morgan fingerprint density at radius 2 is 1.90 bits per heavy atom. The van der Waals surface area contributed by atoms with Gasteiger partial charge in [-0.2, -0.15) is 0 Å². The molecule has 1 saturated heterocycles. The molecule has 0 aromatic carbocycles. The Morgan fingerprint density at radius 1 is 1.14 bits per heavy atom. The number of hydrogen-bond acceptors (Lipinski definition) is 6. The van der Waals surface area contributed by atoms with Gasteiger partial charge in [0, 0.05) is 45.1 Å². The van der Waals surface area contributed by atoms with Gasteiger partial charge in [-0.3, -0.25) is 4.79 Å². The predicted molar refractivity (Wildman–Crippen MR) is 106 cm³/mol. The van der Waals surface area contributed by atoms with Crippen LogP contribution in [-0.4, -0.2) is 50.9 Å². The second-order valence-electron chi connectivity index (χ2n) is 8.55. The quantitative estimate of drug-likeness (QED) is 0.765. The monoisotopic (exact) mass is 401 g/mol. The summed E-state index contributed by atoms with van der Waals surface area (Å²) in [6.07, 6.45) is 6.57. The highest BCUT2D eigenvalue weighted by molar-refractivity contribution is 5.76. The molecule has 8 nitrogen and oxygen atoms in total. The number of piperidine rings is 1. The highest BCUT2D eigenvalue weighted by Crippen LogP contribution is 2.41. The second kappa shape index (κ2) is 8.26. The minimum atomic E-state index is 0.244. The Morgan fingerprint density at radius 3 is 2.59 bits per heavy atom. The molecule has 4 rings (SSSR count). The van der Waals surface area contributed by atoms with Crippen LogP contribution in [0.15, 0.2) is 4.52 Å². The Hall–Kier alpha value is -2.22. The number of nitrogens with zero attached hydrogens (tertiary/aromatic N) is 5. The van der Waals surface area contributed by atoms with Crippen molar-refractivity contribution < 1.29 is 14.1 Å². The van der Waals surface area contributed by atoms with Crippen molar-refractivity contribution in [1.29, 1.82) is 0 Å². The summed E-state index contributed by atoms with van der Waals surface area (Å²) in [4.78, 5) is 14.8. The van der Waals surface area contributed by atoms with Crippen molar-refractivity contribution in [2.45, 2.75) is 71.9 Å². The number of hydrogen-bond donors (Lipinski definition) is 0. The molecule has 2 aromatic heterocycles. The largest absolute Gasteiger partial charge is 0.377 e. The Labute approximate surface area is 171 Å². The van der Waals surface area contributed by atoms with Crippen LogP contribution >= 0.6 is 0 Å². The summed E-state index contributed by atoms with van der Waals surface area (Å²) in [5.41, 5.74) is 2.28. The third-order valence-electron chi connectivity index (χ3n) is 6.87. The summed E-state index contributed by atoms with van der Waals surface area (Å²) in [5.74, 6) is 3.07. The molecule has 0 saturated carbocycles. The van der Waals surface area contributed by atoms with E-state index in [1.165, 1.54) is 0 Å². The van der Waals surface area contributed by atoms with E-state index in [1.54, 1.807) is 7.11 Å². The van der Waals surface area contributed by atoms with E-state index < -0.39 is 0 Å². The molecule has 1 amide bonds. The predicted octanol–water partition coefficient (Wildman–Crippen LogP) is 2.61. The summed E-state index contributed by atoms with van der Waals surface area (Å²) in [5, 5.41) is 12.6. The van der Waals surface area contributed by atoms with Crippen molar-refractivity contribution in [2.75, 3.05) is 20.2 Å². The maximum atomic E-state index is 12.7. The zero-order valence-corrected chi connectivity index (χ0v) is 17.7. The highest BCUT2D eigenvalue weighted by Gasteiger charge is 2.37. The maximum Gasteiger partial charge on any atom is 0.222 e. The lowest BCUT2D eigenvalue weighted by Crippen LogP contribution is -2.43. The topological polar surface area (TPSA) is 86.3 Å². The van der Waals surface area contributed by atoms with Crippen molar-refractivity contribution in [1.82, 2.24) is 24.8 Å². The van der Waals surface area contributed by atoms with Crippen LogP contribution < -0.4 is 0 Å². The number of rotatable bonds is 5. The highest BCUT2D eigenvalue weighted by atomic mass is 16.5. The van der Waals surface area contributed by atoms with E-state index in [4.69, 9.17) is 9.26 Å². The molecule has 0 atom stereocenters. The van der Waals surface area contributed by atoms with Gasteiger partial charge >= 0.3 is 0 Å². The standard InChI is InChI=1S/C21H31N5O3/c1-15-17(16(2)29-24-15)4-5-20(27)25-11-8-21(9-12-25)7-6-18-22-23-19(14-28-3)26(18)13-10-21/h4-14H2,1-3H3. The van der Waals surface area contributed by atoms with E-state index in [0.29, 0.717) is 24.9 Å². The average molecular weight is 402 g/mol. The van der Waals surface area contributed by atoms with E-state index in [1.807, 2.05) is 18.7 Å². The molecule has 1 spiro atoms. The van der Waals surface area contributed by atoms with E-state index in [-0.39, 0.29) is 5.91 Å². The first kappa shape index (κ1) is 20.1. The van der Waals surface area contributed by atoms with Gasteiger partial charge in [0.2, 0.25) is 5.91 Å². The molecule has 29 heavy (non-hydrogen) atoms. The smallest absolute Gasteiger partial charge is 0.222 e. The number of methoxy groups -OCH3 is 1. The fraction of sp³-hybridized carbons (Fsp3) is 0.714. The van der Waals surface area contributed by atoms with Gasteiger partial charge in [0.15, 0.2) is 5.82 Å². The second-order valence-corrected chi connectivity index (χ2v) is 8.55. The number of ether oxygens (including phenoxy) is 1. The zero-order valence-electron chi connectivity index (χ0n) is 17.7. The number of aryl methyl sites for hydroxylation is 3. The van der Waals surface area contributed by atoms with Gasteiger partial charge in [0.05, 0.1) is 5.69 Å². The molecule has 0 radical (unpaired) electrons. The number of carbonyl (C=O) groups is 1. The van der Waals surface area contributed by atoms with Crippen LogP contribution in [0.3, 0.4) is 0 Å². The molecule has 158 valence electrons. The SMILES string of the molecule is COCc1nnc2n1CCC1(CC2)CCN(C(=O)CCc2c(C)noc2C)CC1. The van der Waals surface area contributed by atoms with Crippen molar-refractivity contribution in [2.24, 2.45) is 5.41 Å². The molecule has 0 aliphatic carbocycles. The van der Waals surface area contributed by atoms with Gasteiger partial charge in [-0.1, -0.05) is 5.16 Å². The Bertz CT molecular complexity index is 844. The lowest BCUT2D eigenvalue weighted by Gasteiger charge is -2.41. The lowest BCUT2D eigenvalue weighted by atomic mass is 9.72. The van der Waals surface area contributed by atoms with E-state index in [9.17, 15) is 4.79 Å². The summed E-state index contributed by atoms with van der Waals surface area (Å²) in [6.45, 7) is 7.01. The molecular formula is C21H31N5O3. The minimum absolute atomic E-state index is 0.244. The number of amides is 1. The van der Waals surface area contributed by atoms with Crippen molar-refractivity contribution in [3.63, 3.8) is 0 Å². The van der Waals surface area contributed by atoms with Crippen LogP contribution in [0.4, 0.5) is 0 Å². The molecule has 0 N–H and O–H groups in total. The van der Waals surface area contributed by atoms with Crippen LogP contribution in [-0.2, 0) is 35.5 Å². The van der Waals surface area contributed by atoms with Gasteiger partial charge in [0.25, 0.3) is 0 Å². The van der Waals surface area contributed by atoms with Gasteiger partial charge in [-0.25, -0.2) is 0 Å². The fourth-order valence-corrected chi connectivity index (χ4v) is 4.88. The van der Waals surface area contributed by atoms with Crippen LogP contribution in [0.2, 0.25) is 0 Å². The van der Waals surface area contributed by atoms with E-state index in [2.05, 4.69) is 19.9 Å². The third kappa shape index (κ3) is 4.08. The first-order valence-electron chi connectivity index (χ1n) is 10.6. The number of fused-ring (bicyclic) bond motifs is 1. The molecule has 2 aliphatic heterocycles. The number of carbonyl (C=O) groups excluding carboxylic acids is 1. The van der Waals surface area contributed by atoms with Gasteiger partial charge < -0.3 is 18.7 Å². The maximum absolute atomic E-state index is 12.7. The number of likely N-dealkylation sites (tertiary alicyclic amines) is 1. The Kier molecular flexibility index (Phi) is 5.72. The van der Waals surface area contributed by atoms with Gasteiger partial charge in [-0.05, 0) is 51.4 Å². The van der Waals surface area contributed by atoms with Crippen molar-refractivity contribution in [3.05, 3.63) is 28.7 Å². The van der Waals surface area contributed by atoms with Crippen LogP contribution in [0.5, 0.6) is 0 Å². The van der Waals surface area contributed by atoms with Crippen molar-refractivity contribution >= 4 is 5.91 Å². The average Bonchev–Trinajstić information content (AvgIpc) is 3.20. The summed E-state index contributed by atoms with van der Waals surface area (Å²) >= 11 is 0. The molecule has 2 aromatic rings. The molecule has 2 aliphatic rings. The first-order valence-corrected chi connectivity index (χ1v) is 10.6. The van der Waals surface area contributed by atoms with Crippen LogP contribution in [0.25, 0.3) is 0 Å². The van der Waals surface area contributed by atoms with Gasteiger partial charge in [-0.15, -0.1) is 10.2 Å². The third-order valence-corrected chi connectivity index (χ3v) is 6.87.